The first kappa shape index (κ1) is 17.7. The van der Waals surface area contributed by atoms with E-state index in [1.54, 1.807) is 17.7 Å². The van der Waals surface area contributed by atoms with E-state index < -0.39 is 0 Å². The number of hydrogen-bond acceptors (Lipinski definition) is 4. The number of thiophene rings is 2. The number of nitrogens with zero attached hydrogens (tertiary/aromatic N) is 3. The van der Waals surface area contributed by atoms with E-state index in [9.17, 15) is 0 Å². The van der Waals surface area contributed by atoms with Crippen molar-refractivity contribution in [1.82, 2.24) is 14.5 Å². The lowest BCUT2D eigenvalue weighted by Crippen LogP contribution is -1.93. The summed E-state index contributed by atoms with van der Waals surface area (Å²) in [5, 5.41) is 6.39. The van der Waals surface area contributed by atoms with Gasteiger partial charge in [0.2, 0.25) is 0 Å². The maximum atomic E-state index is 4.67. The predicted octanol–water partition coefficient (Wildman–Crippen LogP) is 8.31. The van der Waals surface area contributed by atoms with Crippen LogP contribution in [0.5, 0.6) is 0 Å². The van der Waals surface area contributed by atoms with Crippen LogP contribution in [-0.2, 0) is 0 Å². The van der Waals surface area contributed by atoms with E-state index in [4.69, 9.17) is 0 Å². The van der Waals surface area contributed by atoms with Crippen molar-refractivity contribution in [2.75, 3.05) is 0 Å². The van der Waals surface area contributed by atoms with Crippen LogP contribution < -0.4 is 0 Å². The molecular formula is C28H15N3S2. The number of aromatic nitrogens is 3. The molecule has 0 radical (unpaired) electrons. The molecule has 0 amide bonds. The molecule has 0 bridgehead atoms. The van der Waals surface area contributed by atoms with Gasteiger partial charge in [-0.2, -0.15) is 0 Å². The summed E-state index contributed by atoms with van der Waals surface area (Å²) in [4.78, 5) is 8.91. The molecule has 0 spiro atoms. The van der Waals surface area contributed by atoms with E-state index in [1.165, 1.54) is 57.8 Å². The zero-order chi connectivity index (χ0) is 21.5. The number of rotatable bonds is 1. The van der Waals surface area contributed by atoms with Crippen LogP contribution in [0.1, 0.15) is 0 Å². The fourth-order valence-corrected chi connectivity index (χ4v) is 7.32. The van der Waals surface area contributed by atoms with Crippen molar-refractivity contribution in [3.63, 3.8) is 0 Å². The fourth-order valence-electron chi connectivity index (χ4n) is 5.19. The van der Waals surface area contributed by atoms with Crippen LogP contribution in [0.4, 0.5) is 0 Å². The fraction of sp³-hybridized carbons (Fsp3) is 0. The maximum Gasteiger partial charge on any atom is 0.116 e. The second-order valence-electron chi connectivity index (χ2n) is 8.30. The Morgan fingerprint density at radius 2 is 1.39 bits per heavy atom. The third-order valence-electron chi connectivity index (χ3n) is 6.55. The summed E-state index contributed by atoms with van der Waals surface area (Å²) in [5.74, 6) is 0. The van der Waals surface area contributed by atoms with Gasteiger partial charge in [-0.25, -0.2) is 9.97 Å². The van der Waals surface area contributed by atoms with Gasteiger partial charge in [0.1, 0.15) is 6.33 Å². The molecule has 3 nitrogen and oxygen atoms in total. The Morgan fingerprint density at radius 1 is 0.606 bits per heavy atom. The van der Waals surface area contributed by atoms with Gasteiger partial charge < -0.3 is 4.57 Å². The summed E-state index contributed by atoms with van der Waals surface area (Å²) in [5.41, 5.74) is 4.65. The van der Waals surface area contributed by atoms with Gasteiger partial charge in [0.25, 0.3) is 0 Å². The molecule has 0 fully saturated rings. The summed E-state index contributed by atoms with van der Waals surface area (Å²) in [6.45, 7) is 0. The SMILES string of the molecule is c1ccc2c(c1)sc1ccc(-n3c4ccccc4c4c5c(ccc43)sc3cncnc35)cc12. The topological polar surface area (TPSA) is 30.7 Å². The lowest BCUT2D eigenvalue weighted by molar-refractivity contribution is 1.19. The third kappa shape index (κ3) is 2.33. The van der Waals surface area contributed by atoms with E-state index in [-0.39, 0.29) is 0 Å². The zero-order valence-corrected chi connectivity index (χ0v) is 19.0. The smallest absolute Gasteiger partial charge is 0.116 e. The molecule has 4 aromatic carbocycles. The number of hydrogen-bond donors (Lipinski definition) is 0. The van der Waals surface area contributed by atoms with Crippen molar-refractivity contribution in [3.05, 3.63) is 91.4 Å². The molecule has 0 unspecified atom stereocenters. The molecule has 8 rings (SSSR count). The van der Waals surface area contributed by atoms with Gasteiger partial charge in [0, 0.05) is 52.9 Å². The summed E-state index contributed by atoms with van der Waals surface area (Å²) in [7, 11) is 0. The van der Waals surface area contributed by atoms with Crippen molar-refractivity contribution >= 4 is 85.0 Å². The Kier molecular flexibility index (Phi) is 3.42. The van der Waals surface area contributed by atoms with Crippen LogP contribution >= 0.6 is 22.7 Å². The highest BCUT2D eigenvalue weighted by Crippen LogP contribution is 2.43. The van der Waals surface area contributed by atoms with Gasteiger partial charge in [-0.05, 0) is 42.5 Å². The molecular weight excluding hydrogens is 442 g/mol. The Morgan fingerprint density at radius 3 is 2.36 bits per heavy atom. The van der Waals surface area contributed by atoms with Gasteiger partial charge in [0.05, 0.1) is 21.3 Å². The zero-order valence-electron chi connectivity index (χ0n) is 17.3. The molecule has 0 atom stereocenters. The second kappa shape index (κ2) is 6.38. The highest BCUT2D eigenvalue weighted by Gasteiger charge is 2.18. The first-order chi connectivity index (χ1) is 16.4. The van der Waals surface area contributed by atoms with Crippen molar-refractivity contribution in [2.45, 2.75) is 0 Å². The third-order valence-corrected chi connectivity index (χ3v) is 8.78. The maximum absolute atomic E-state index is 4.67. The van der Waals surface area contributed by atoms with E-state index in [0.717, 1.165) is 10.2 Å². The van der Waals surface area contributed by atoms with Crippen LogP contribution in [0.3, 0.4) is 0 Å². The lowest BCUT2D eigenvalue weighted by Gasteiger charge is -2.08. The quantitative estimate of drug-likeness (QED) is 0.248. The van der Waals surface area contributed by atoms with Crippen molar-refractivity contribution in [1.29, 1.82) is 0 Å². The van der Waals surface area contributed by atoms with Gasteiger partial charge in [-0.1, -0.05) is 36.4 Å². The minimum Gasteiger partial charge on any atom is -0.309 e. The molecule has 0 aliphatic carbocycles. The van der Waals surface area contributed by atoms with E-state index >= 15 is 0 Å². The molecule has 0 N–H and O–H groups in total. The molecule has 4 heterocycles. The van der Waals surface area contributed by atoms with E-state index in [0.29, 0.717) is 0 Å². The number of para-hydroxylation sites is 1. The molecule has 4 aromatic heterocycles. The normalized spacial score (nSPS) is 12.2. The van der Waals surface area contributed by atoms with Crippen LogP contribution in [0, 0.1) is 0 Å². The van der Waals surface area contributed by atoms with Gasteiger partial charge >= 0.3 is 0 Å². The standard InChI is InChI=1S/C28H15N3S2/c1-3-7-20-18(6-1)26-21(10-12-24-27(26)28-25(33-24)14-29-15-30-28)31(20)16-9-11-23-19(13-16)17-5-2-4-8-22(17)32-23/h1-15H. The molecule has 0 saturated carbocycles. The Labute approximate surface area is 196 Å². The van der Waals surface area contributed by atoms with E-state index in [2.05, 4.69) is 93.4 Å². The second-order valence-corrected chi connectivity index (χ2v) is 10.5. The van der Waals surface area contributed by atoms with Crippen LogP contribution in [-0.4, -0.2) is 14.5 Å². The van der Waals surface area contributed by atoms with Crippen molar-refractivity contribution < 1.29 is 0 Å². The van der Waals surface area contributed by atoms with Crippen molar-refractivity contribution in [2.24, 2.45) is 0 Å². The average Bonchev–Trinajstić information content (AvgIpc) is 3.52. The monoisotopic (exact) mass is 457 g/mol. The minimum atomic E-state index is 1.04. The molecule has 8 aromatic rings. The molecule has 0 aliphatic heterocycles. The number of fused-ring (bicyclic) bond motifs is 10. The first-order valence-electron chi connectivity index (χ1n) is 10.8. The summed E-state index contributed by atoms with van der Waals surface area (Å²) in [6.07, 6.45) is 3.58. The average molecular weight is 458 g/mol. The van der Waals surface area contributed by atoms with Gasteiger partial charge in [-0.3, -0.25) is 0 Å². The van der Waals surface area contributed by atoms with Crippen LogP contribution in [0.25, 0.3) is 68.0 Å². The van der Waals surface area contributed by atoms with Gasteiger partial charge in [0.15, 0.2) is 0 Å². The molecule has 33 heavy (non-hydrogen) atoms. The number of benzene rings is 4. The molecule has 0 saturated heterocycles. The molecule has 154 valence electrons. The minimum absolute atomic E-state index is 1.04. The molecule has 0 aliphatic rings. The summed E-state index contributed by atoms with van der Waals surface area (Å²) >= 11 is 3.62. The lowest BCUT2D eigenvalue weighted by atomic mass is 10.1. The van der Waals surface area contributed by atoms with Crippen LogP contribution in [0.15, 0.2) is 91.4 Å². The highest BCUT2D eigenvalue weighted by molar-refractivity contribution is 7.26. The Balaban J connectivity index is 1.55. The first-order valence-corrected chi connectivity index (χ1v) is 12.5. The highest BCUT2D eigenvalue weighted by atomic mass is 32.1. The van der Waals surface area contributed by atoms with E-state index in [1.807, 2.05) is 17.5 Å². The summed E-state index contributed by atoms with van der Waals surface area (Å²) in [6, 6.07) is 28.7. The Bertz CT molecular complexity index is 2040. The molecule has 5 heteroatoms. The Hall–Kier alpha value is -3.80. The predicted molar refractivity (Wildman–Crippen MR) is 142 cm³/mol. The van der Waals surface area contributed by atoms with Gasteiger partial charge in [-0.15, -0.1) is 22.7 Å². The van der Waals surface area contributed by atoms with Crippen LogP contribution in [0.2, 0.25) is 0 Å². The largest absolute Gasteiger partial charge is 0.309 e. The van der Waals surface area contributed by atoms with Crippen molar-refractivity contribution in [3.8, 4) is 5.69 Å². The summed E-state index contributed by atoms with van der Waals surface area (Å²) < 4.78 is 7.44.